The molecule has 0 fully saturated rings. The normalized spacial score (nSPS) is 10.4. The minimum Gasteiger partial charge on any atom is -0.192 e. The first kappa shape index (κ1) is 9.70. The highest BCUT2D eigenvalue weighted by Gasteiger charge is 2.10. The summed E-state index contributed by atoms with van der Waals surface area (Å²) < 4.78 is 2.25. The predicted molar refractivity (Wildman–Crippen MR) is 63.6 cm³/mol. The smallest absolute Gasteiger partial charge is 0.101 e. The van der Waals surface area contributed by atoms with Crippen molar-refractivity contribution in [3.8, 4) is 6.07 Å². The van der Waals surface area contributed by atoms with Crippen molar-refractivity contribution in [2.75, 3.05) is 0 Å². The van der Waals surface area contributed by atoms with E-state index in [0.717, 1.165) is 20.5 Å². The lowest BCUT2D eigenvalue weighted by Crippen LogP contribution is -1.78. The average molecular weight is 266 g/mol. The van der Waals surface area contributed by atoms with E-state index in [9.17, 15) is 0 Å². The van der Waals surface area contributed by atoms with Crippen LogP contribution in [0.2, 0.25) is 0 Å². The van der Waals surface area contributed by atoms with Crippen LogP contribution in [0.15, 0.2) is 22.0 Å². The Morgan fingerprint density at radius 2 is 2.29 bits per heavy atom. The van der Waals surface area contributed by atoms with Crippen LogP contribution >= 0.6 is 27.3 Å². The lowest BCUT2D eigenvalue weighted by molar-refractivity contribution is 1.16. The molecule has 70 valence electrons. The summed E-state index contributed by atoms with van der Waals surface area (Å²) in [4.78, 5) is 0. The number of nitriles is 1. The molecular formula is C11H8BrNS. The fraction of sp³-hybridized carbons (Fsp3) is 0.182. The van der Waals surface area contributed by atoms with Crippen molar-refractivity contribution < 1.29 is 0 Å². The minimum atomic E-state index is 0.771. The Morgan fingerprint density at radius 3 is 2.93 bits per heavy atom. The first-order valence-electron chi connectivity index (χ1n) is 4.38. The van der Waals surface area contributed by atoms with Gasteiger partial charge in [-0.3, -0.25) is 0 Å². The Morgan fingerprint density at radius 1 is 1.50 bits per heavy atom. The standard InChI is InChI=1S/C11H8BrNS/c1-2-8-9-5-3-4-7(6-13)10(9)14-11(8)12/h3-5H,2H2,1H3. The highest BCUT2D eigenvalue weighted by molar-refractivity contribution is 9.11. The molecule has 0 atom stereocenters. The number of halogens is 1. The van der Waals surface area contributed by atoms with Crippen LogP contribution in [0.25, 0.3) is 10.1 Å². The van der Waals surface area contributed by atoms with Gasteiger partial charge in [-0.2, -0.15) is 5.26 Å². The molecule has 1 heterocycles. The SMILES string of the molecule is CCc1c(Br)sc2c(C#N)cccc12. The summed E-state index contributed by atoms with van der Waals surface area (Å²) >= 11 is 5.19. The molecular weight excluding hydrogens is 258 g/mol. The van der Waals surface area contributed by atoms with E-state index in [1.165, 1.54) is 10.9 Å². The topological polar surface area (TPSA) is 23.8 Å². The van der Waals surface area contributed by atoms with Gasteiger partial charge >= 0.3 is 0 Å². The Labute approximate surface area is 95.1 Å². The molecule has 14 heavy (non-hydrogen) atoms. The number of hydrogen-bond donors (Lipinski definition) is 0. The van der Waals surface area contributed by atoms with E-state index in [1.807, 2.05) is 12.1 Å². The molecule has 1 nitrogen and oxygen atoms in total. The van der Waals surface area contributed by atoms with Gasteiger partial charge < -0.3 is 0 Å². The third-order valence-electron chi connectivity index (χ3n) is 2.24. The summed E-state index contributed by atoms with van der Waals surface area (Å²) in [6.45, 7) is 2.13. The van der Waals surface area contributed by atoms with Gasteiger partial charge in [0.05, 0.1) is 14.0 Å². The summed E-state index contributed by atoms with van der Waals surface area (Å²) in [6.07, 6.45) is 0.996. The predicted octanol–water partition coefficient (Wildman–Crippen LogP) is 4.10. The van der Waals surface area contributed by atoms with E-state index >= 15 is 0 Å². The summed E-state index contributed by atoms with van der Waals surface area (Å²) in [5.41, 5.74) is 2.08. The second kappa shape index (κ2) is 3.72. The first-order valence-corrected chi connectivity index (χ1v) is 5.99. The maximum atomic E-state index is 8.95. The number of aryl methyl sites for hydroxylation is 1. The Balaban J connectivity index is 2.87. The quantitative estimate of drug-likeness (QED) is 0.762. The van der Waals surface area contributed by atoms with E-state index < -0.39 is 0 Å². The third-order valence-corrected chi connectivity index (χ3v) is 4.28. The number of fused-ring (bicyclic) bond motifs is 1. The third kappa shape index (κ3) is 1.35. The van der Waals surface area contributed by atoms with Gasteiger partial charge in [-0.05, 0) is 39.4 Å². The first-order chi connectivity index (χ1) is 6.77. The molecule has 0 N–H and O–H groups in total. The molecule has 1 aromatic carbocycles. The van der Waals surface area contributed by atoms with Crippen molar-refractivity contribution >= 4 is 37.4 Å². The van der Waals surface area contributed by atoms with Gasteiger partial charge in [0.1, 0.15) is 6.07 Å². The molecule has 2 rings (SSSR count). The van der Waals surface area contributed by atoms with Crippen molar-refractivity contribution in [1.29, 1.82) is 5.26 Å². The fourth-order valence-electron chi connectivity index (χ4n) is 1.56. The summed E-state index contributed by atoms with van der Waals surface area (Å²) in [6, 6.07) is 8.11. The fourth-order valence-corrected chi connectivity index (χ4v) is 3.62. The van der Waals surface area contributed by atoms with Crippen LogP contribution in [-0.4, -0.2) is 0 Å². The van der Waals surface area contributed by atoms with E-state index in [1.54, 1.807) is 11.3 Å². The molecule has 0 saturated heterocycles. The number of rotatable bonds is 1. The molecule has 0 spiro atoms. The summed E-state index contributed by atoms with van der Waals surface area (Å²) in [5.74, 6) is 0. The molecule has 1 aromatic heterocycles. The van der Waals surface area contributed by atoms with E-state index in [2.05, 4.69) is 35.0 Å². The van der Waals surface area contributed by atoms with E-state index in [4.69, 9.17) is 5.26 Å². The molecule has 0 saturated carbocycles. The van der Waals surface area contributed by atoms with Crippen molar-refractivity contribution in [2.24, 2.45) is 0 Å². The Bertz CT molecular complexity index is 522. The number of hydrogen-bond acceptors (Lipinski definition) is 2. The van der Waals surface area contributed by atoms with Crippen LogP contribution < -0.4 is 0 Å². The molecule has 0 unspecified atom stereocenters. The summed E-state index contributed by atoms with van der Waals surface area (Å²) in [5, 5.41) is 10.2. The molecule has 3 heteroatoms. The van der Waals surface area contributed by atoms with E-state index in [-0.39, 0.29) is 0 Å². The lowest BCUT2D eigenvalue weighted by Gasteiger charge is -1.95. The van der Waals surface area contributed by atoms with Gasteiger partial charge in [0.2, 0.25) is 0 Å². The highest BCUT2D eigenvalue weighted by atomic mass is 79.9. The van der Waals surface area contributed by atoms with Gasteiger partial charge in [-0.1, -0.05) is 19.1 Å². The highest BCUT2D eigenvalue weighted by Crippen LogP contribution is 2.37. The van der Waals surface area contributed by atoms with Crippen molar-refractivity contribution in [3.05, 3.63) is 33.1 Å². The van der Waals surface area contributed by atoms with Crippen molar-refractivity contribution in [1.82, 2.24) is 0 Å². The van der Waals surface area contributed by atoms with Crippen LogP contribution in [0, 0.1) is 11.3 Å². The summed E-state index contributed by atoms with van der Waals surface area (Å²) in [7, 11) is 0. The number of benzene rings is 1. The van der Waals surface area contributed by atoms with Gasteiger partial charge in [0.15, 0.2) is 0 Å². The molecule has 0 radical (unpaired) electrons. The number of thiophene rings is 1. The zero-order valence-corrected chi connectivity index (χ0v) is 10.1. The van der Waals surface area contributed by atoms with Crippen molar-refractivity contribution in [3.63, 3.8) is 0 Å². The monoisotopic (exact) mass is 265 g/mol. The van der Waals surface area contributed by atoms with Crippen LogP contribution in [0.5, 0.6) is 0 Å². The average Bonchev–Trinajstić information content (AvgIpc) is 2.52. The van der Waals surface area contributed by atoms with Gasteiger partial charge in [-0.15, -0.1) is 11.3 Å². The van der Waals surface area contributed by atoms with Crippen LogP contribution in [-0.2, 0) is 6.42 Å². The van der Waals surface area contributed by atoms with Crippen LogP contribution in [0.1, 0.15) is 18.1 Å². The second-order valence-corrected chi connectivity index (χ2v) is 5.34. The molecule has 0 aliphatic rings. The van der Waals surface area contributed by atoms with E-state index in [0.29, 0.717) is 0 Å². The molecule has 0 aliphatic heterocycles. The molecule has 0 amide bonds. The van der Waals surface area contributed by atoms with Crippen LogP contribution in [0.3, 0.4) is 0 Å². The largest absolute Gasteiger partial charge is 0.192 e. The van der Waals surface area contributed by atoms with Gasteiger partial charge in [-0.25, -0.2) is 0 Å². The number of nitrogens with zero attached hydrogens (tertiary/aromatic N) is 1. The zero-order chi connectivity index (χ0) is 10.1. The van der Waals surface area contributed by atoms with Crippen molar-refractivity contribution in [2.45, 2.75) is 13.3 Å². The molecule has 2 aromatic rings. The van der Waals surface area contributed by atoms with Gasteiger partial charge in [0, 0.05) is 0 Å². The molecule has 0 aliphatic carbocycles. The Kier molecular flexibility index (Phi) is 2.58. The maximum absolute atomic E-state index is 8.95. The molecule has 0 bridgehead atoms. The lowest BCUT2D eigenvalue weighted by atomic mass is 10.1. The minimum absolute atomic E-state index is 0.771. The Hall–Kier alpha value is -0.850. The zero-order valence-electron chi connectivity index (χ0n) is 7.67. The van der Waals surface area contributed by atoms with Crippen LogP contribution in [0.4, 0.5) is 0 Å². The maximum Gasteiger partial charge on any atom is 0.101 e. The second-order valence-electron chi connectivity index (χ2n) is 3.00. The van der Waals surface area contributed by atoms with Gasteiger partial charge in [0.25, 0.3) is 0 Å².